The molecule has 7 heteroatoms. The third kappa shape index (κ3) is 1.71. The largest absolute Gasteiger partial charge is 0.365 e. The van der Waals surface area contributed by atoms with Crippen LogP contribution in [0.1, 0.15) is 5.56 Å². The molecule has 2 saturated heterocycles. The van der Waals surface area contributed by atoms with Crippen LogP contribution in [0.15, 0.2) is 24.3 Å². The van der Waals surface area contributed by atoms with Crippen LogP contribution in [-0.4, -0.2) is 41.9 Å². The number of barbiturate groups is 1. The van der Waals surface area contributed by atoms with Gasteiger partial charge in [0.05, 0.1) is 6.04 Å². The third-order valence-corrected chi connectivity index (χ3v) is 5.75. The van der Waals surface area contributed by atoms with Gasteiger partial charge in [0, 0.05) is 23.7 Å². The lowest BCUT2D eigenvalue weighted by atomic mass is 9.69. The molecule has 0 radical (unpaired) electrons. The van der Waals surface area contributed by atoms with Crippen molar-refractivity contribution in [2.75, 3.05) is 23.0 Å². The van der Waals surface area contributed by atoms with Crippen molar-refractivity contribution in [3.8, 4) is 0 Å². The van der Waals surface area contributed by atoms with Crippen molar-refractivity contribution in [3.63, 3.8) is 0 Å². The Bertz CT molecular complexity index is 670. The lowest BCUT2D eigenvalue weighted by Gasteiger charge is -2.51. The molecule has 114 valence electrons. The quantitative estimate of drug-likeness (QED) is 0.682. The van der Waals surface area contributed by atoms with Crippen LogP contribution in [-0.2, 0) is 16.0 Å². The van der Waals surface area contributed by atoms with Gasteiger partial charge in [0.25, 0.3) is 0 Å². The lowest BCUT2D eigenvalue weighted by molar-refractivity contribution is -0.146. The number of anilines is 1. The van der Waals surface area contributed by atoms with Gasteiger partial charge < -0.3 is 4.90 Å². The first-order valence-corrected chi connectivity index (χ1v) is 8.37. The second-order valence-corrected chi connectivity index (χ2v) is 6.95. The van der Waals surface area contributed by atoms with Crippen molar-refractivity contribution < 1.29 is 14.4 Å². The number of urea groups is 1. The van der Waals surface area contributed by atoms with Crippen molar-refractivity contribution in [3.05, 3.63) is 29.8 Å². The molecule has 2 N–H and O–H groups in total. The van der Waals surface area contributed by atoms with Crippen molar-refractivity contribution >= 4 is 35.3 Å². The van der Waals surface area contributed by atoms with Crippen LogP contribution in [0.3, 0.4) is 0 Å². The van der Waals surface area contributed by atoms with E-state index in [2.05, 4.69) is 15.5 Å². The number of carbonyl (C=O) groups excluding carboxylic acids is 3. The number of thioether (sulfide) groups is 1. The summed E-state index contributed by atoms with van der Waals surface area (Å²) in [5, 5.41) is 4.58. The summed E-state index contributed by atoms with van der Waals surface area (Å²) in [5.74, 6) is 0.702. The number of benzene rings is 1. The van der Waals surface area contributed by atoms with E-state index in [4.69, 9.17) is 0 Å². The van der Waals surface area contributed by atoms with Crippen LogP contribution in [0.25, 0.3) is 0 Å². The summed E-state index contributed by atoms with van der Waals surface area (Å²) in [5.41, 5.74) is 0.844. The summed E-state index contributed by atoms with van der Waals surface area (Å²) in [6, 6.07) is 6.92. The molecule has 6 nitrogen and oxygen atoms in total. The number of hydrogen-bond acceptors (Lipinski definition) is 5. The summed E-state index contributed by atoms with van der Waals surface area (Å²) < 4.78 is 0. The van der Waals surface area contributed by atoms with Crippen LogP contribution in [0, 0.1) is 5.41 Å². The van der Waals surface area contributed by atoms with E-state index in [1.54, 1.807) is 11.8 Å². The SMILES string of the molecule is O=C1NC(=O)C2(Cc3ccccc3N3CCSCC32)C(=O)N1. The highest BCUT2D eigenvalue weighted by atomic mass is 32.2. The summed E-state index contributed by atoms with van der Waals surface area (Å²) in [7, 11) is 0. The van der Waals surface area contributed by atoms with Gasteiger partial charge in [-0.3, -0.25) is 20.2 Å². The van der Waals surface area contributed by atoms with Crippen LogP contribution in [0.5, 0.6) is 0 Å². The van der Waals surface area contributed by atoms with Gasteiger partial charge in [-0.25, -0.2) is 4.79 Å². The fourth-order valence-electron chi connectivity index (χ4n) is 3.69. The van der Waals surface area contributed by atoms with Gasteiger partial charge >= 0.3 is 6.03 Å². The molecule has 1 aromatic carbocycles. The number of carbonyl (C=O) groups is 3. The first-order chi connectivity index (χ1) is 10.6. The molecule has 2 fully saturated rings. The third-order valence-electron chi connectivity index (χ3n) is 4.73. The maximum atomic E-state index is 12.6. The monoisotopic (exact) mass is 317 g/mol. The average molecular weight is 317 g/mol. The highest BCUT2D eigenvalue weighted by molar-refractivity contribution is 7.99. The zero-order valence-electron chi connectivity index (χ0n) is 11.8. The fourth-order valence-corrected chi connectivity index (χ4v) is 4.87. The molecule has 3 heterocycles. The number of imide groups is 2. The standard InChI is InChI=1S/C15H15N3O3S/c19-12-15(13(20)17-14(21)16-12)7-9-3-1-2-4-10(9)18-5-6-22-8-11(15)18/h1-4,11H,5-8H2,(H2,16,17,19,20,21). The Morgan fingerprint density at radius 3 is 2.64 bits per heavy atom. The predicted octanol–water partition coefficient (Wildman–Crippen LogP) is 0.517. The molecule has 22 heavy (non-hydrogen) atoms. The highest BCUT2D eigenvalue weighted by Crippen LogP contribution is 2.45. The zero-order valence-corrected chi connectivity index (χ0v) is 12.6. The van der Waals surface area contributed by atoms with E-state index in [1.165, 1.54) is 0 Å². The second kappa shape index (κ2) is 4.74. The van der Waals surface area contributed by atoms with Crippen LogP contribution < -0.4 is 15.5 Å². The van der Waals surface area contributed by atoms with E-state index in [0.29, 0.717) is 12.2 Å². The minimum absolute atomic E-state index is 0.228. The number of rotatable bonds is 0. The normalized spacial score (nSPS) is 26.1. The van der Waals surface area contributed by atoms with Gasteiger partial charge in [0.2, 0.25) is 11.8 Å². The minimum Gasteiger partial charge on any atom is -0.365 e. The predicted molar refractivity (Wildman–Crippen MR) is 82.7 cm³/mol. The van der Waals surface area contributed by atoms with Crippen LogP contribution in [0.4, 0.5) is 10.5 Å². The van der Waals surface area contributed by atoms with Gasteiger partial charge in [-0.05, 0) is 18.1 Å². The molecule has 1 unspecified atom stereocenters. The molecule has 1 aromatic rings. The molecule has 0 aromatic heterocycles. The molecule has 3 aliphatic heterocycles. The molecule has 1 atom stereocenters. The van der Waals surface area contributed by atoms with E-state index < -0.39 is 23.3 Å². The number of fused-ring (bicyclic) bond motifs is 4. The number of para-hydroxylation sites is 1. The molecule has 4 amide bonds. The molecule has 0 saturated carbocycles. The van der Waals surface area contributed by atoms with Crippen LogP contribution >= 0.6 is 11.8 Å². The maximum absolute atomic E-state index is 12.6. The smallest absolute Gasteiger partial charge is 0.328 e. The summed E-state index contributed by atoms with van der Waals surface area (Å²) in [6.07, 6.45) is 0.329. The lowest BCUT2D eigenvalue weighted by Crippen LogP contribution is -2.72. The highest BCUT2D eigenvalue weighted by Gasteiger charge is 2.60. The molecular formula is C15H15N3O3S. The zero-order chi connectivity index (χ0) is 15.3. The van der Waals surface area contributed by atoms with Gasteiger partial charge in [-0.15, -0.1) is 0 Å². The van der Waals surface area contributed by atoms with Gasteiger partial charge in [0.15, 0.2) is 5.41 Å². The Morgan fingerprint density at radius 2 is 1.86 bits per heavy atom. The number of hydrogen-bond donors (Lipinski definition) is 2. The second-order valence-electron chi connectivity index (χ2n) is 5.80. The van der Waals surface area contributed by atoms with Crippen molar-refractivity contribution in [2.45, 2.75) is 12.5 Å². The Morgan fingerprint density at radius 1 is 1.14 bits per heavy atom. The van der Waals surface area contributed by atoms with E-state index in [-0.39, 0.29) is 6.04 Å². The van der Waals surface area contributed by atoms with Crippen LogP contribution in [0.2, 0.25) is 0 Å². The first kappa shape index (κ1) is 13.6. The van der Waals surface area contributed by atoms with E-state index in [0.717, 1.165) is 23.5 Å². The van der Waals surface area contributed by atoms with E-state index >= 15 is 0 Å². The summed E-state index contributed by atoms with van der Waals surface area (Å²) >= 11 is 1.74. The number of nitrogens with zero attached hydrogens (tertiary/aromatic N) is 1. The average Bonchev–Trinajstić information content (AvgIpc) is 2.52. The molecular weight excluding hydrogens is 302 g/mol. The maximum Gasteiger partial charge on any atom is 0.328 e. The van der Waals surface area contributed by atoms with Gasteiger partial charge in [-0.2, -0.15) is 11.8 Å². The molecule has 0 aliphatic carbocycles. The Balaban J connectivity index is 1.88. The molecule has 1 spiro atoms. The van der Waals surface area contributed by atoms with Gasteiger partial charge in [0.1, 0.15) is 0 Å². The first-order valence-electron chi connectivity index (χ1n) is 7.22. The molecule has 0 bridgehead atoms. The fraction of sp³-hybridized carbons (Fsp3) is 0.400. The van der Waals surface area contributed by atoms with Crippen molar-refractivity contribution in [1.82, 2.24) is 10.6 Å². The van der Waals surface area contributed by atoms with Crippen molar-refractivity contribution in [2.24, 2.45) is 5.41 Å². The molecule has 4 rings (SSSR count). The number of nitrogens with one attached hydrogen (secondary N) is 2. The number of amides is 4. The minimum atomic E-state index is -1.23. The Labute approximate surface area is 131 Å². The van der Waals surface area contributed by atoms with E-state index in [9.17, 15) is 14.4 Å². The topological polar surface area (TPSA) is 78.5 Å². The Hall–Kier alpha value is -2.02. The van der Waals surface area contributed by atoms with Gasteiger partial charge in [-0.1, -0.05) is 18.2 Å². The molecule has 3 aliphatic rings. The van der Waals surface area contributed by atoms with Crippen molar-refractivity contribution in [1.29, 1.82) is 0 Å². The summed E-state index contributed by atoms with van der Waals surface area (Å²) in [4.78, 5) is 38.8. The Kier molecular flexibility index (Phi) is 2.94. The summed E-state index contributed by atoms with van der Waals surface area (Å²) in [6.45, 7) is 0.794. The van der Waals surface area contributed by atoms with E-state index in [1.807, 2.05) is 24.3 Å².